The third kappa shape index (κ3) is 4.98. The summed E-state index contributed by atoms with van der Waals surface area (Å²) in [7, 11) is 0. The van der Waals surface area contributed by atoms with Crippen LogP contribution in [0.1, 0.15) is 40.2 Å². The molecule has 0 bridgehead atoms. The quantitative estimate of drug-likeness (QED) is 0.634. The Labute approximate surface area is 164 Å². The number of carbonyl (C=O) groups is 2. The van der Waals surface area contributed by atoms with E-state index in [1.165, 1.54) is 12.3 Å². The van der Waals surface area contributed by atoms with E-state index >= 15 is 0 Å². The highest BCUT2D eigenvalue weighted by atomic mass is 16.3. The zero-order valence-corrected chi connectivity index (χ0v) is 15.8. The second-order valence-electron chi connectivity index (χ2n) is 6.50. The lowest BCUT2D eigenvalue weighted by Gasteiger charge is -2.16. The maximum atomic E-state index is 12.8. The molecule has 1 heterocycles. The molecule has 0 aliphatic carbocycles. The highest BCUT2D eigenvalue weighted by Gasteiger charge is 2.17. The minimum atomic E-state index is -0.395. The largest absolute Gasteiger partial charge is 0.465 e. The molecule has 28 heavy (non-hydrogen) atoms. The first kappa shape index (κ1) is 19.2. The summed E-state index contributed by atoms with van der Waals surface area (Å²) in [6, 6.07) is 20.0. The van der Waals surface area contributed by atoms with Gasteiger partial charge in [-0.25, -0.2) is 0 Å². The first-order valence-electron chi connectivity index (χ1n) is 9.02. The average molecular weight is 374 g/mol. The second-order valence-corrected chi connectivity index (χ2v) is 6.50. The van der Waals surface area contributed by atoms with Crippen molar-refractivity contribution >= 4 is 17.9 Å². The molecule has 142 valence electrons. The molecule has 5 nitrogen and oxygen atoms in total. The number of amides is 2. The normalized spacial score (nSPS) is 12.3. The highest BCUT2D eigenvalue weighted by molar-refractivity contribution is 6.05. The number of nitrogens with one attached hydrogen (secondary N) is 2. The van der Waals surface area contributed by atoms with Crippen molar-refractivity contribution in [3.63, 3.8) is 0 Å². The summed E-state index contributed by atoms with van der Waals surface area (Å²) < 4.78 is 5.30. The highest BCUT2D eigenvalue weighted by Crippen LogP contribution is 2.13. The minimum absolute atomic E-state index is 0.114. The molecule has 1 unspecified atom stereocenters. The molecular weight excluding hydrogens is 352 g/mol. The fraction of sp³-hybridized carbons (Fsp3) is 0.130. The molecule has 0 fully saturated rings. The third-order valence-corrected chi connectivity index (χ3v) is 4.28. The van der Waals surface area contributed by atoms with Crippen molar-refractivity contribution in [3.8, 4) is 0 Å². The molecule has 0 radical (unpaired) electrons. The van der Waals surface area contributed by atoms with Gasteiger partial charge in [0.2, 0.25) is 0 Å². The summed E-state index contributed by atoms with van der Waals surface area (Å²) in [6.45, 7) is 3.84. The van der Waals surface area contributed by atoms with Crippen LogP contribution in [-0.2, 0) is 4.79 Å². The molecule has 1 aromatic heterocycles. The van der Waals surface area contributed by atoms with Crippen LogP contribution in [0.2, 0.25) is 0 Å². The Morgan fingerprint density at radius 2 is 1.68 bits per heavy atom. The molecule has 3 aromatic rings. The molecule has 1 atom stereocenters. The Kier molecular flexibility index (Phi) is 6.07. The maximum Gasteiger partial charge on any atom is 0.268 e. The van der Waals surface area contributed by atoms with E-state index in [9.17, 15) is 9.59 Å². The van der Waals surface area contributed by atoms with Gasteiger partial charge in [0.05, 0.1) is 12.3 Å². The van der Waals surface area contributed by atoms with E-state index in [1.54, 1.807) is 24.3 Å². The number of benzene rings is 2. The predicted molar refractivity (Wildman–Crippen MR) is 108 cm³/mol. The van der Waals surface area contributed by atoms with Crippen LogP contribution in [0, 0.1) is 6.92 Å². The first-order valence-corrected chi connectivity index (χ1v) is 9.02. The molecule has 0 saturated heterocycles. The van der Waals surface area contributed by atoms with Crippen molar-refractivity contribution in [3.05, 3.63) is 101 Å². The van der Waals surface area contributed by atoms with Crippen molar-refractivity contribution in [2.24, 2.45) is 0 Å². The summed E-state index contributed by atoms with van der Waals surface area (Å²) in [4.78, 5) is 25.4. The Morgan fingerprint density at radius 3 is 2.32 bits per heavy atom. The van der Waals surface area contributed by atoms with Gasteiger partial charge in [0.25, 0.3) is 11.8 Å². The van der Waals surface area contributed by atoms with E-state index in [0.717, 1.165) is 11.1 Å². The van der Waals surface area contributed by atoms with Crippen molar-refractivity contribution < 1.29 is 14.0 Å². The summed E-state index contributed by atoms with van der Waals surface area (Å²) in [5, 5.41) is 5.61. The lowest BCUT2D eigenvalue weighted by atomic mass is 10.1. The Hall–Kier alpha value is -3.60. The Morgan fingerprint density at radius 1 is 0.964 bits per heavy atom. The van der Waals surface area contributed by atoms with Crippen LogP contribution in [0.15, 0.2) is 83.1 Å². The van der Waals surface area contributed by atoms with Crippen LogP contribution < -0.4 is 10.6 Å². The number of furan rings is 1. The van der Waals surface area contributed by atoms with E-state index in [4.69, 9.17) is 4.42 Å². The standard InChI is InChI=1S/C23H22N2O3/c1-16-10-12-19(13-11-16)22(26)25-21(15-20-9-6-14-28-20)23(27)24-17(2)18-7-4-3-5-8-18/h3-15,17H,1-2H3,(H,24,27)(H,25,26)/b21-15-. The topological polar surface area (TPSA) is 71.3 Å². The zero-order valence-electron chi connectivity index (χ0n) is 15.8. The molecule has 2 amide bonds. The number of hydrogen-bond acceptors (Lipinski definition) is 3. The van der Waals surface area contributed by atoms with Crippen LogP contribution >= 0.6 is 0 Å². The molecule has 3 rings (SSSR count). The number of rotatable bonds is 6. The van der Waals surface area contributed by atoms with E-state index < -0.39 is 5.91 Å². The van der Waals surface area contributed by atoms with Crippen LogP contribution in [0.3, 0.4) is 0 Å². The average Bonchev–Trinajstić information content (AvgIpc) is 3.21. The van der Waals surface area contributed by atoms with Gasteiger partial charge in [-0.1, -0.05) is 48.0 Å². The van der Waals surface area contributed by atoms with Crippen LogP contribution in [0.25, 0.3) is 6.08 Å². The first-order chi connectivity index (χ1) is 13.5. The van der Waals surface area contributed by atoms with Gasteiger partial charge in [-0.3, -0.25) is 9.59 Å². The van der Waals surface area contributed by atoms with E-state index in [-0.39, 0.29) is 17.6 Å². The van der Waals surface area contributed by atoms with E-state index in [1.807, 2.05) is 56.3 Å². The second kappa shape index (κ2) is 8.86. The molecule has 0 spiro atoms. The smallest absolute Gasteiger partial charge is 0.268 e. The molecule has 0 saturated carbocycles. The SMILES string of the molecule is Cc1ccc(C(=O)N/C(=C\c2ccco2)C(=O)NC(C)c2ccccc2)cc1. The van der Waals surface area contributed by atoms with Gasteiger partial charge >= 0.3 is 0 Å². The number of carbonyl (C=O) groups excluding carboxylic acids is 2. The Balaban J connectivity index is 1.79. The third-order valence-electron chi connectivity index (χ3n) is 4.28. The van der Waals surface area contributed by atoms with Gasteiger partial charge in [-0.2, -0.15) is 0 Å². The van der Waals surface area contributed by atoms with Gasteiger partial charge in [0.15, 0.2) is 0 Å². The number of hydrogen-bond donors (Lipinski definition) is 2. The van der Waals surface area contributed by atoms with Crippen molar-refractivity contribution in [2.45, 2.75) is 19.9 Å². The van der Waals surface area contributed by atoms with Crippen LogP contribution in [0.5, 0.6) is 0 Å². The van der Waals surface area contributed by atoms with Gasteiger partial charge < -0.3 is 15.1 Å². The van der Waals surface area contributed by atoms with Gasteiger partial charge in [0, 0.05) is 11.6 Å². The van der Waals surface area contributed by atoms with Gasteiger partial charge in [-0.15, -0.1) is 0 Å². The maximum absolute atomic E-state index is 12.8. The monoisotopic (exact) mass is 374 g/mol. The molecule has 2 aromatic carbocycles. The molecule has 0 aliphatic rings. The summed E-state index contributed by atoms with van der Waals surface area (Å²) in [5.41, 5.74) is 2.61. The van der Waals surface area contributed by atoms with Crippen molar-refractivity contribution in [2.75, 3.05) is 0 Å². The molecule has 0 aliphatic heterocycles. The van der Waals surface area contributed by atoms with Gasteiger partial charge in [-0.05, 0) is 43.7 Å². The molecule has 2 N–H and O–H groups in total. The summed E-state index contributed by atoms with van der Waals surface area (Å²) in [5.74, 6) is -0.282. The lowest BCUT2D eigenvalue weighted by Crippen LogP contribution is -2.36. The molecule has 5 heteroatoms. The fourth-order valence-electron chi connectivity index (χ4n) is 2.67. The van der Waals surface area contributed by atoms with Crippen molar-refractivity contribution in [1.29, 1.82) is 0 Å². The van der Waals surface area contributed by atoms with E-state index in [2.05, 4.69) is 10.6 Å². The molecular formula is C23H22N2O3. The minimum Gasteiger partial charge on any atom is -0.465 e. The summed E-state index contributed by atoms with van der Waals surface area (Å²) >= 11 is 0. The van der Waals surface area contributed by atoms with Crippen LogP contribution in [-0.4, -0.2) is 11.8 Å². The Bertz CT molecular complexity index is 959. The predicted octanol–water partition coefficient (Wildman–Crippen LogP) is 4.24. The van der Waals surface area contributed by atoms with E-state index in [0.29, 0.717) is 11.3 Å². The van der Waals surface area contributed by atoms with Gasteiger partial charge in [0.1, 0.15) is 11.5 Å². The van der Waals surface area contributed by atoms with Crippen molar-refractivity contribution in [1.82, 2.24) is 10.6 Å². The fourth-order valence-corrected chi connectivity index (χ4v) is 2.67. The van der Waals surface area contributed by atoms with Crippen LogP contribution in [0.4, 0.5) is 0 Å². The summed E-state index contributed by atoms with van der Waals surface area (Å²) in [6.07, 6.45) is 3.02. The number of aryl methyl sites for hydroxylation is 1. The lowest BCUT2D eigenvalue weighted by molar-refractivity contribution is -0.118. The zero-order chi connectivity index (χ0) is 19.9.